The van der Waals surface area contributed by atoms with Gasteiger partial charge in [-0.1, -0.05) is 84.0 Å². The van der Waals surface area contributed by atoms with Crippen molar-refractivity contribution < 1.29 is 14.7 Å². The van der Waals surface area contributed by atoms with Gasteiger partial charge in [0, 0.05) is 43.0 Å². The summed E-state index contributed by atoms with van der Waals surface area (Å²) < 4.78 is 0. The van der Waals surface area contributed by atoms with Crippen molar-refractivity contribution in [3.05, 3.63) is 0 Å². The largest absolute Gasteiger partial charge is 0.480 e. The molecule has 0 heterocycles. The Morgan fingerprint density at radius 2 is 1.12 bits per heavy atom. The third kappa shape index (κ3) is 18.3. The maximum atomic E-state index is 11.6. The van der Waals surface area contributed by atoms with Crippen molar-refractivity contribution in [2.24, 2.45) is 0 Å². The summed E-state index contributed by atoms with van der Waals surface area (Å²) in [6.07, 6.45) is 17.2. The van der Waals surface area contributed by atoms with Crippen LogP contribution >= 0.6 is 0 Å². The summed E-state index contributed by atoms with van der Waals surface area (Å²) in [7, 11) is 1.55. The number of carboxylic acid groups (broad SMARTS) is 1. The van der Waals surface area contributed by atoms with Crippen LogP contribution < -0.4 is 0 Å². The molecule has 0 atom stereocenters. The molecule has 0 bridgehead atoms. The van der Waals surface area contributed by atoms with Crippen LogP contribution in [0.1, 0.15) is 96.8 Å². The van der Waals surface area contributed by atoms with Gasteiger partial charge in [-0.15, -0.1) is 0 Å². The second-order valence-electron chi connectivity index (χ2n) is 6.64. The molecule has 0 rings (SSSR count). The molecule has 1 radical (unpaired) electrons. The minimum atomic E-state index is -0.953. The van der Waals surface area contributed by atoms with Crippen molar-refractivity contribution in [1.82, 2.24) is 4.90 Å². The Morgan fingerprint density at radius 1 is 0.750 bits per heavy atom. The topological polar surface area (TPSA) is 57.6 Å². The van der Waals surface area contributed by atoms with E-state index in [2.05, 4.69) is 6.92 Å². The number of aliphatic carboxylic acids is 1. The van der Waals surface area contributed by atoms with Crippen LogP contribution in [0.25, 0.3) is 0 Å². The Bertz CT molecular complexity index is 311. The number of carbonyl (C=O) groups excluding carboxylic acids is 1. The average Bonchev–Trinajstić information content (AvgIpc) is 2.51. The first-order valence-corrected chi connectivity index (χ1v) is 9.53. The number of amides is 1. The maximum Gasteiger partial charge on any atom is 0.323 e. The van der Waals surface area contributed by atoms with E-state index in [4.69, 9.17) is 5.11 Å². The molecule has 0 saturated heterocycles. The third-order valence-electron chi connectivity index (χ3n) is 4.29. The molecule has 137 valence electrons. The van der Waals surface area contributed by atoms with Crippen LogP contribution in [0.15, 0.2) is 0 Å². The van der Waals surface area contributed by atoms with Crippen molar-refractivity contribution in [1.29, 1.82) is 0 Å². The quantitative estimate of drug-likeness (QED) is 0.326. The van der Waals surface area contributed by atoms with Gasteiger partial charge in [-0.25, -0.2) is 0 Å². The zero-order chi connectivity index (χ0) is 17.3. The molecule has 0 unspecified atom stereocenters. The fraction of sp³-hybridized carbons (Fsp3) is 0.895. The fourth-order valence-electron chi connectivity index (χ4n) is 2.78. The number of carboxylic acids is 1. The third-order valence-corrected chi connectivity index (χ3v) is 4.29. The van der Waals surface area contributed by atoms with Gasteiger partial charge >= 0.3 is 5.97 Å². The second kappa shape index (κ2) is 19.3. The van der Waals surface area contributed by atoms with E-state index in [1.807, 2.05) is 0 Å². The Kier molecular flexibility index (Phi) is 21.0. The minimum absolute atomic E-state index is 0. The minimum Gasteiger partial charge on any atom is -0.480 e. The summed E-state index contributed by atoms with van der Waals surface area (Å²) in [4.78, 5) is 23.4. The van der Waals surface area contributed by atoms with Crippen molar-refractivity contribution in [2.75, 3.05) is 13.6 Å². The SMILES string of the molecule is CCCCCCCCCCCCCCCC(=O)N(C)CC(=O)O.[Na]. The van der Waals surface area contributed by atoms with Crippen molar-refractivity contribution in [3.8, 4) is 0 Å². The number of rotatable bonds is 16. The van der Waals surface area contributed by atoms with Gasteiger partial charge in [-0.05, 0) is 6.42 Å². The van der Waals surface area contributed by atoms with Crippen LogP contribution in [-0.2, 0) is 9.59 Å². The molecular formula is C19H37NNaO3. The van der Waals surface area contributed by atoms with Crippen LogP contribution in [0.2, 0.25) is 0 Å². The maximum absolute atomic E-state index is 11.6. The molecule has 0 aromatic heterocycles. The van der Waals surface area contributed by atoms with Crippen LogP contribution in [-0.4, -0.2) is 65.0 Å². The number of carbonyl (C=O) groups is 2. The van der Waals surface area contributed by atoms with E-state index >= 15 is 0 Å². The molecule has 0 aliphatic carbocycles. The first-order valence-electron chi connectivity index (χ1n) is 9.53. The molecule has 5 heteroatoms. The first-order chi connectivity index (χ1) is 11.1. The summed E-state index contributed by atoms with van der Waals surface area (Å²) in [5.74, 6) is -1.01. The zero-order valence-electron chi connectivity index (χ0n) is 16.3. The molecular weight excluding hydrogens is 313 g/mol. The van der Waals surface area contributed by atoms with Crippen LogP contribution in [0.5, 0.6) is 0 Å². The standard InChI is InChI=1S/C19H37NO3.Na/c1-3-4-5-6-7-8-9-10-11-12-13-14-15-16-18(21)20(2)17-19(22)23;/h3-17H2,1-2H3,(H,22,23);. The predicted molar refractivity (Wildman–Crippen MR) is 101 cm³/mol. The summed E-state index contributed by atoms with van der Waals surface area (Å²) in [5.41, 5.74) is 0. The van der Waals surface area contributed by atoms with E-state index in [1.165, 1.54) is 75.5 Å². The van der Waals surface area contributed by atoms with Crippen LogP contribution in [0.3, 0.4) is 0 Å². The molecule has 1 N–H and O–H groups in total. The molecule has 0 aromatic carbocycles. The van der Waals surface area contributed by atoms with E-state index in [9.17, 15) is 9.59 Å². The molecule has 24 heavy (non-hydrogen) atoms. The summed E-state index contributed by atoms with van der Waals surface area (Å²) in [6.45, 7) is 2.06. The van der Waals surface area contributed by atoms with Gasteiger partial charge in [-0.2, -0.15) is 0 Å². The zero-order valence-corrected chi connectivity index (χ0v) is 18.3. The van der Waals surface area contributed by atoms with Crippen molar-refractivity contribution in [2.45, 2.75) is 96.8 Å². The molecule has 0 aliphatic heterocycles. The van der Waals surface area contributed by atoms with E-state index in [0.29, 0.717) is 6.42 Å². The monoisotopic (exact) mass is 350 g/mol. The molecule has 0 saturated carbocycles. The van der Waals surface area contributed by atoms with Crippen LogP contribution in [0, 0.1) is 0 Å². The Balaban J connectivity index is 0. The molecule has 1 amide bonds. The predicted octanol–water partition coefficient (Wildman–Crippen LogP) is 4.63. The summed E-state index contributed by atoms with van der Waals surface area (Å²) in [5, 5.41) is 8.62. The van der Waals surface area contributed by atoms with Crippen LogP contribution in [0.4, 0.5) is 0 Å². The average molecular weight is 350 g/mol. The number of hydrogen-bond donors (Lipinski definition) is 1. The molecule has 0 spiro atoms. The summed E-state index contributed by atoms with van der Waals surface area (Å²) >= 11 is 0. The normalized spacial score (nSPS) is 10.2. The fourth-order valence-corrected chi connectivity index (χ4v) is 2.78. The Labute approximate surface area is 171 Å². The van der Waals surface area contributed by atoms with E-state index < -0.39 is 5.97 Å². The molecule has 0 fully saturated rings. The first kappa shape index (κ1) is 26.2. The Hall–Kier alpha value is -0.0600. The van der Waals surface area contributed by atoms with Gasteiger partial charge in [0.05, 0.1) is 0 Å². The van der Waals surface area contributed by atoms with Gasteiger partial charge in [0.2, 0.25) is 5.91 Å². The second-order valence-corrected chi connectivity index (χ2v) is 6.64. The number of hydrogen-bond acceptors (Lipinski definition) is 2. The molecule has 0 aliphatic rings. The van der Waals surface area contributed by atoms with Gasteiger partial charge in [0.25, 0.3) is 0 Å². The van der Waals surface area contributed by atoms with E-state index in [-0.39, 0.29) is 42.0 Å². The van der Waals surface area contributed by atoms with Gasteiger partial charge < -0.3 is 10.0 Å². The van der Waals surface area contributed by atoms with Crippen molar-refractivity contribution in [3.63, 3.8) is 0 Å². The smallest absolute Gasteiger partial charge is 0.323 e. The van der Waals surface area contributed by atoms with E-state index in [1.54, 1.807) is 7.05 Å². The number of unbranched alkanes of at least 4 members (excludes halogenated alkanes) is 12. The number of likely N-dealkylation sites (N-methyl/N-ethyl adjacent to an activating group) is 1. The van der Waals surface area contributed by atoms with E-state index in [0.717, 1.165) is 12.8 Å². The van der Waals surface area contributed by atoms with Gasteiger partial charge in [0.1, 0.15) is 6.54 Å². The Morgan fingerprint density at radius 3 is 1.50 bits per heavy atom. The molecule has 0 aromatic rings. The van der Waals surface area contributed by atoms with Gasteiger partial charge in [-0.3, -0.25) is 9.59 Å². The molecule has 4 nitrogen and oxygen atoms in total. The summed E-state index contributed by atoms with van der Waals surface area (Å²) in [6, 6.07) is 0. The van der Waals surface area contributed by atoms with Gasteiger partial charge in [0.15, 0.2) is 0 Å². The van der Waals surface area contributed by atoms with Crippen molar-refractivity contribution >= 4 is 41.4 Å². The number of nitrogens with zero attached hydrogens (tertiary/aromatic N) is 1.